The third-order valence-electron chi connectivity index (χ3n) is 13.9. The van der Waals surface area contributed by atoms with E-state index in [0.717, 1.165) is 69.6 Å². The molecule has 3 atom stereocenters. The molecule has 0 heterocycles. The topological polar surface area (TPSA) is 78.9 Å². The standard InChI is InChI=1S/C58H112O6/c1-6-9-10-11-12-13-14-15-16-17-21-24-27-33-38-43-48-56(59)62-51-55(64-58(61)50-45-40-35-30-29-32-37-42-47-54(5)8-3)52-63-57(60)49-44-39-34-28-25-22-19-18-20-23-26-31-36-41-46-53(4)7-2/h53-55H,6-52H2,1-5H3/t53?,54?,55-/m0/s1. The van der Waals surface area contributed by atoms with Crippen LogP contribution in [0.3, 0.4) is 0 Å². The maximum Gasteiger partial charge on any atom is 0.306 e. The molecule has 0 aliphatic heterocycles. The van der Waals surface area contributed by atoms with Crippen molar-refractivity contribution in [2.75, 3.05) is 13.2 Å². The number of ether oxygens (including phenoxy) is 3. The van der Waals surface area contributed by atoms with Gasteiger partial charge in [-0.25, -0.2) is 0 Å². The van der Waals surface area contributed by atoms with Crippen LogP contribution in [0.5, 0.6) is 0 Å². The monoisotopic (exact) mass is 905 g/mol. The van der Waals surface area contributed by atoms with E-state index in [2.05, 4.69) is 34.6 Å². The number of hydrogen-bond acceptors (Lipinski definition) is 6. The molecular formula is C58H112O6. The molecule has 6 nitrogen and oxygen atoms in total. The van der Waals surface area contributed by atoms with Crippen LogP contribution in [0.25, 0.3) is 0 Å². The minimum atomic E-state index is -0.763. The minimum absolute atomic E-state index is 0.0632. The Bertz CT molecular complexity index is 982. The van der Waals surface area contributed by atoms with Crippen LogP contribution in [0, 0.1) is 11.8 Å². The first-order chi connectivity index (χ1) is 31.3. The lowest BCUT2D eigenvalue weighted by Crippen LogP contribution is -2.30. The number of unbranched alkanes of at least 4 members (excludes halogenated alkanes) is 35. The first-order valence-corrected chi connectivity index (χ1v) is 28.8. The van der Waals surface area contributed by atoms with Crippen molar-refractivity contribution in [1.29, 1.82) is 0 Å². The van der Waals surface area contributed by atoms with Crippen molar-refractivity contribution in [2.24, 2.45) is 11.8 Å². The molecule has 0 bridgehead atoms. The molecule has 0 spiro atoms. The van der Waals surface area contributed by atoms with Crippen molar-refractivity contribution in [1.82, 2.24) is 0 Å². The van der Waals surface area contributed by atoms with Crippen LogP contribution >= 0.6 is 0 Å². The van der Waals surface area contributed by atoms with Crippen LogP contribution < -0.4 is 0 Å². The Morgan fingerprint density at radius 2 is 0.547 bits per heavy atom. The second-order valence-electron chi connectivity index (χ2n) is 20.4. The van der Waals surface area contributed by atoms with Crippen LogP contribution in [-0.2, 0) is 28.6 Å². The zero-order valence-corrected chi connectivity index (χ0v) is 43.9. The maximum absolute atomic E-state index is 12.8. The highest BCUT2D eigenvalue weighted by molar-refractivity contribution is 5.71. The zero-order valence-electron chi connectivity index (χ0n) is 43.9. The molecule has 0 aromatic rings. The van der Waals surface area contributed by atoms with Gasteiger partial charge in [0.05, 0.1) is 0 Å². The quantitative estimate of drug-likeness (QED) is 0.0344. The third kappa shape index (κ3) is 48.3. The van der Waals surface area contributed by atoms with E-state index in [4.69, 9.17) is 14.2 Å². The summed E-state index contributed by atoms with van der Waals surface area (Å²) in [5.41, 5.74) is 0. The maximum atomic E-state index is 12.8. The van der Waals surface area contributed by atoms with Gasteiger partial charge >= 0.3 is 17.9 Å². The first kappa shape index (κ1) is 62.4. The van der Waals surface area contributed by atoms with E-state index in [1.54, 1.807) is 0 Å². The number of carbonyl (C=O) groups is 3. The van der Waals surface area contributed by atoms with Gasteiger partial charge in [-0.3, -0.25) is 14.4 Å². The average Bonchev–Trinajstić information content (AvgIpc) is 3.29. The second kappa shape index (κ2) is 50.8. The van der Waals surface area contributed by atoms with E-state index >= 15 is 0 Å². The Balaban J connectivity index is 4.28. The van der Waals surface area contributed by atoms with Crippen molar-refractivity contribution in [3.8, 4) is 0 Å². The molecule has 0 aromatic carbocycles. The molecule has 2 unspecified atom stereocenters. The van der Waals surface area contributed by atoms with E-state index in [-0.39, 0.29) is 31.1 Å². The summed E-state index contributed by atoms with van der Waals surface area (Å²) in [6.07, 6.45) is 53.7. The Labute approximate surface area is 399 Å². The van der Waals surface area contributed by atoms with Crippen molar-refractivity contribution in [3.05, 3.63) is 0 Å². The lowest BCUT2D eigenvalue weighted by atomic mass is 9.99. The number of carbonyl (C=O) groups excluding carboxylic acids is 3. The predicted octanol–water partition coefficient (Wildman–Crippen LogP) is 18.9. The number of rotatable bonds is 52. The van der Waals surface area contributed by atoms with Crippen LogP contribution in [0.2, 0.25) is 0 Å². The van der Waals surface area contributed by atoms with E-state index in [1.807, 2.05) is 0 Å². The summed E-state index contributed by atoms with van der Waals surface area (Å²) in [4.78, 5) is 38.1. The molecule has 6 heteroatoms. The van der Waals surface area contributed by atoms with E-state index in [1.165, 1.54) is 212 Å². The normalized spacial score (nSPS) is 12.9. The van der Waals surface area contributed by atoms with Crippen LogP contribution in [0.1, 0.15) is 324 Å². The Morgan fingerprint density at radius 3 is 0.812 bits per heavy atom. The van der Waals surface area contributed by atoms with Gasteiger partial charge in [0.15, 0.2) is 6.10 Å². The number of esters is 3. The fourth-order valence-electron chi connectivity index (χ4n) is 8.81. The van der Waals surface area contributed by atoms with E-state index in [9.17, 15) is 14.4 Å². The first-order valence-electron chi connectivity index (χ1n) is 28.8. The average molecular weight is 906 g/mol. The van der Waals surface area contributed by atoms with Gasteiger partial charge in [0, 0.05) is 19.3 Å². The van der Waals surface area contributed by atoms with Gasteiger partial charge in [-0.2, -0.15) is 0 Å². The highest BCUT2D eigenvalue weighted by atomic mass is 16.6. The minimum Gasteiger partial charge on any atom is -0.462 e. The molecule has 64 heavy (non-hydrogen) atoms. The molecule has 0 rings (SSSR count). The third-order valence-corrected chi connectivity index (χ3v) is 13.9. The van der Waals surface area contributed by atoms with Crippen molar-refractivity contribution in [2.45, 2.75) is 330 Å². The molecule has 0 aromatic heterocycles. The molecule has 0 fully saturated rings. The van der Waals surface area contributed by atoms with Crippen molar-refractivity contribution >= 4 is 17.9 Å². The molecule has 380 valence electrons. The summed E-state index contributed by atoms with van der Waals surface area (Å²) in [6, 6.07) is 0. The summed E-state index contributed by atoms with van der Waals surface area (Å²) >= 11 is 0. The number of hydrogen-bond donors (Lipinski definition) is 0. The molecule has 0 N–H and O–H groups in total. The fraction of sp³-hybridized carbons (Fsp3) is 0.948. The molecule has 0 aliphatic rings. The SMILES string of the molecule is CCCCCCCCCCCCCCCCCCC(=O)OC[C@@H](COC(=O)CCCCCCCCCCCCCCCCC(C)CC)OC(=O)CCCCCCCCCCC(C)CC. The smallest absolute Gasteiger partial charge is 0.306 e. The molecule has 0 aliphatic carbocycles. The summed E-state index contributed by atoms with van der Waals surface area (Å²) < 4.78 is 16.9. The summed E-state index contributed by atoms with van der Waals surface area (Å²) in [7, 11) is 0. The molecule has 0 radical (unpaired) electrons. The van der Waals surface area contributed by atoms with Crippen LogP contribution in [0.4, 0.5) is 0 Å². The highest BCUT2D eigenvalue weighted by Crippen LogP contribution is 2.19. The van der Waals surface area contributed by atoms with E-state index in [0.29, 0.717) is 19.3 Å². The van der Waals surface area contributed by atoms with Crippen molar-refractivity contribution in [3.63, 3.8) is 0 Å². The van der Waals surface area contributed by atoms with Gasteiger partial charge in [0.25, 0.3) is 0 Å². The van der Waals surface area contributed by atoms with Gasteiger partial charge in [-0.05, 0) is 31.1 Å². The lowest BCUT2D eigenvalue weighted by Gasteiger charge is -2.18. The molecule has 0 amide bonds. The van der Waals surface area contributed by atoms with Gasteiger partial charge in [0.2, 0.25) is 0 Å². The van der Waals surface area contributed by atoms with Gasteiger partial charge in [-0.15, -0.1) is 0 Å². The van der Waals surface area contributed by atoms with Crippen molar-refractivity contribution < 1.29 is 28.6 Å². The summed E-state index contributed by atoms with van der Waals surface area (Å²) in [5, 5.41) is 0. The highest BCUT2D eigenvalue weighted by Gasteiger charge is 2.19. The zero-order chi connectivity index (χ0) is 46.8. The van der Waals surface area contributed by atoms with Crippen LogP contribution in [0.15, 0.2) is 0 Å². The molecular weight excluding hydrogens is 793 g/mol. The second-order valence-corrected chi connectivity index (χ2v) is 20.4. The predicted molar refractivity (Wildman–Crippen MR) is 275 cm³/mol. The van der Waals surface area contributed by atoms with Gasteiger partial charge in [0.1, 0.15) is 13.2 Å². The Hall–Kier alpha value is -1.59. The summed E-state index contributed by atoms with van der Waals surface area (Å²) in [6.45, 7) is 11.4. The lowest BCUT2D eigenvalue weighted by molar-refractivity contribution is -0.167. The van der Waals surface area contributed by atoms with E-state index < -0.39 is 6.10 Å². The molecule has 0 saturated carbocycles. The van der Waals surface area contributed by atoms with Gasteiger partial charge < -0.3 is 14.2 Å². The molecule has 0 saturated heterocycles. The Morgan fingerprint density at radius 1 is 0.312 bits per heavy atom. The Kier molecular flexibility index (Phi) is 49.6. The van der Waals surface area contributed by atoms with Gasteiger partial charge in [-0.1, -0.05) is 285 Å². The van der Waals surface area contributed by atoms with Crippen LogP contribution in [-0.4, -0.2) is 37.2 Å². The largest absolute Gasteiger partial charge is 0.462 e. The fourth-order valence-corrected chi connectivity index (χ4v) is 8.81. The summed E-state index contributed by atoms with van der Waals surface area (Å²) in [5.74, 6) is 0.899.